The second-order valence-corrected chi connectivity index (χ2v) is 8.97. The van der Waals surface area contributed by atoms with E-state index in [1.54, 1.807) is 6.20 Å². The lowest BCUT2D eigenvalue weighted by Crippen LogP contribution is -2.37. The highest BCUT2D eigenvalue weighted by Crippen LogP contribution is 2.29. The van der Waals surface area contributed by atoms with Crippen molar-refractivity contribution in [3.05, 3.63) is 33.3 Å². The number of ether oxygens (including phenoxy) is 1. The molecule has 0 saturated carbocycles. The van der Waals surface area contributed by atoms with E-state index >= 15 is 0 Å². The number of amides is 1. The Hall–Kier alpha value is -1.75. The third-order valence-electron chi connectivity index (χ3n) is 5.18. The van der Waals surface area contributed by atoms with E-state index in [0.717, 1.165) is 69.8 Å². The molecule has 2 aliphatic rings. The number of carbonyl (C=O) groups is 1. The second-order valence-electron chi connectivity index (χ2n) is 7.11. The lowest BCUT2D eigenvalue weighted by Gasteiger charge is -2.26. The fraction of sp³-hybridized carbons (Fsp3) is 0.579. The summed E-state index contributed by atoms with van der Waals surface area (Å²) in [6.45, 7) is 5.17. The first-order chi connectivity index (χ1) is 14.2. The van der Waals surface area contributed by atoms with Gasteiger partial charge in [-0.15, -0.1) is 11.3 Å². The van der Waals surface area contributed by atoms with Crippen LogP contribution in [0, 0.1) is 0 Å². The van der Waals surface area contributed by atoms with Crippen molar-refractivity contribution in [2.24, 2.45) is 0 Å². The van der Waals surface area contributed by atoms with E-state index in [1.165, 1.54) is 23.1 Å². The normalized spacial score (nSPS) is 16.7. The van der Waals surface area contributed by atoms with Crippen molar-refractivity contribution in [2.45, 2.75) is 37.3 Å². The molecule has 8 nitrogen and oxygen atoms in total. The summed E-state index contributed by atoms with van der Waals surface area (Å²) in [6.07, 6.45) is 5.44. The number of rotatable bonds is 8. The van der Waals surface area contributed by atoms with Crippen LogP contribution < -0.4 is 11.0 Å². The first kappa shape index (κ1) is 20.5. The van der Waals surface area contributed by atoms with E-state index in [9.17, 15) is 9.59 Å². The van der Waals surface area contributed by atoms with E-state index in [2.05, 4.69) is 20.2 Å². The molecule has 2 aromatic heterocycles. The summed E-state index contributed by atoms with van der Waals surface area (Å²) in [5, 5.41) is 5.88. The van der Waals surface area contributed by atoms with Crippen LogP contribution in [0.3, 0.4) is 0 Å². The summed E-state index contributed by atoms with van der Waals surface area (Å²) in [5.74, 6) is 0.0904. The van der Waals surface area contributed by atoms with Gasteiger partial charge in [0.05, 0.1) is 19.0 Å². The van der Waals surface area contributed by atoms with Gasteiger partial charge in [0.15, 0.2) is 5.13 Å². The minimum absolute atomic E-state index is 0.131. The quantitative estimate of drug-likeness (QED) is 0.498. The van der Waals surface area contributed by atoms with Crippen LogP contribution in [0.25, 0.3) is 0 Å². The summed E-state index contributed by atoms with van der Waals surface area (Å²) < 4.78 is 7.24. The zero-order chi connectivity index (χ0) is 20.1. The molecule has 0 unspecified atom stereocenters. The Morgan fingerprint density at radius 3 is 2.93 bits per heavy atom. The molecule has 10 heteroatoms. The van der Waals surface area contributed by atoms with Crippen molar-refractivity contribution in [1.29, 1.82) is 0 Å². The maximum atomic E-state index is 12.7. The van der Waals surface area contributed by atoms with Gasteiger partial charge in [-0.25, -0.2) is 9.78 Å². The topological polar surface area (TPSA) is 89.4 Å². The molecule has 4 rings (SSSR count). The molecule has 0 aromatic carbocycles. The minimum Gasteiger partial charge on any atom is -0.379 e. The van der Waals surface area contributed by atoms with Gasteiger partial charge in [0, 0.05) is 49.0 Å². The molecular weight excluding hydrogens is 410 g/mol. The number of hydrogen-bond donors (Lipinski definition) is 1. The van der Waals surface area contributed by atoms with Gasteiger partial charge >= 0.3 is 5.69 Å². The molecule has 1 saturated heterocycles. The number of thioether (sulfide) groups is 1. The Bertz CT molecular complexity index is 894. The zero-order valence-electron chi connectivity index (χ0n) is 16.3. The van der Waals surface area contributed by atoms with Crippen LogP contribution in [-0.4, -0.2) is 63.9 Å². The Morgan fingerprint density at radius 1 is 1.28 bits per heavy atom. The number of nitrogens with zero attached hydrogens (tertiary/aromatic N) is 4. The number of aromatic nitrogens is 3. The van der Waals surface area contributed by atoms with Crippen LogP contribution in [-0.2, 0) is 28.9 Å². The molecule has 0 bridgehead atoms. The van der Waals surface area contributed by atoms with Crippen molar-refractivity contribution < 1.29 is 9.53 Å². The van der Waals surface area contributed by atoms with Crippen LogP contribution in [0.2, 0.25) is 0 Å². The van der Waals surface area contributed by atoms with Gasteiger partial charge in [-0.05, 0) is 25.7 Å². The van der Waals surface area contributed by atoms with Gasteiger partial charge in [0.1, 0.15) is 5.03 Å². The molecule has 1 aliphatic heterocycles. The number of hydrogen-bond acceptors (Lipinski definition) is 8. The monoisotopic (exact) mass is 435 g/mol. The van der Waals surface area contributed by atoms with Crippen molar-refractivity contribution >= 4 is 34.1 Å². The highest BCUT2D eigenvalue weighted by Gasteiger charge is 2.22. The van der Waals surface area contributed by atoms with Gasteiger partial charge < -0.3 is 10.1 Å². The first-order valence-corrected chi connectivity index (χ1v) is 11.8. The van der Waals surface area contributed by atoms with Crippen molar-refractivity contribution in [1.82, 2.24) is 19.4 Å². The molecule has 1 fully saturated rings. The third kappa shape index (κ3) is 5.25. The Balaban J connectivity index is 1.38. The molecule has 0 radical (unpaired) electrons. The average Bonchev–Trinajstić information content (AvgIpc) is 3.41. The number of anilines is 1. The predicted octanol–water partition coefficient (Wildman–Crippen LogP) is 1.64. The van der Waals surface area contributed by atoms with E-state index in [4.69, 9.17) is 4.74 Å². The lowest BCUT2D eigenvalue weighted by atomic mass is 10.2. The van der Waals surface area contributed by atoms with E-state index < -0.39 is 0 Å². The Morgan fingerprint density at radius 2 is 2.14 bits per heavy atom. The Labute approximate surface area is 177 Å². The van der Waals surface area contributed by atoms with E-state index in [1.807, 2.05) is 9.95 Å². The third-order valence-corrected chi connectivity index (χ3v) is 6.89. The smallest absolute Gasteiger partial charge is 0.348 e. The van der Waals surface area contributed by atoms with Crippen molar-refractivity contribution in [2.75, 3.05) is 43.9 Å². The number of thiazole rings is 1. The van der Waals surface area contributed by atoms with Gasteiger partial charge in [0.2, 0.25) is 5.91 Å². The Kier molecular flexibility index (Phi) is 6.96. The average molecular weight is 436 g/mol. The highest BCUT2D eigenvalue weighted by atomic mass is 32.2. The summed E-state index contributed by atoms with van der Waals surface area (Å²) in [5.41, 5.74) is 2.05. The van der Waals surface area contributed by atoms with Crippen LogP contribution in [0.1, 0.15) is 24.1 Å². The summed E-state index contributed by atoms with van der Waals surface area (Å²) in [4.78, 5) is 35.6. The summed E-state index contributed by atoms with van der Waals surface area (Å²) >= 11 is 2.73. The number of carbonyl (C=O) groups excluding carboxylic acids is 1. The standard InChI is InChI=1S/C19H25N5O3S2/c25-16(21-18-20-5-12-28-18)13-29-17-14-3-1-4-15(14)24(19(26)22-17)7-2-6-23-8-10-27-11-9-23/h5,12H,1-4,6-11,13H2,(H,20,21,25). The SMILES string of the molecule is O=C(CSc1nc(=O)n(CCCN2CCOCC2)c2c1CCC2)Nc1nccs1. The second kappa shape index (κ2) is 9.84. The summed E-state index contributed by atoms with van der Waals surface area (Å²) in [7, 11) is 0. The van der Waals surface area contributed by atoms with Gasteiger partial charge in [-0.1, -0.05) is 11.8 Å². The van der Waals surface area contributed by atoms with Crippen molar-refractivity contribution in [3.63, 3.8) is 0 Å². The summed E-state index contributed by atoms with van der Waals surface area (Å²) in [6, 6.07) is 0. The van der Waals surface area contributed by atoms with Crippen LogP contribution in [0.5, 0.6) is 0 Å². The minimum atomic E-state index is -0.199. The molecule has 1 aliphatic carbocycles. The number of fused-ring (bicyclic) bond motifs is 1. The fourth-order valence-corrected chi connectivity index (χ4v) is 5.21. The van der Waals surface area contributed by atoms with Crippen molar-refractivity contribution in [3.8, 4) is 0 Å². The molecule has 3 heterocycles. The lowest BCUT2D eigenvalue weighted by molar-refractivity contribution is -0.113. The van der Waals surface area contributed by atoms with E-state index in [-0.39, 0.29) is 17.3 Å². The molecule has 29 heavy (non-hydrogen) atoms. The largest absolute Gasteiger partial charge is 0.379 e. The van der Waals surface area contributed by atoms with Gasteiger partial charge in [-0.2, -0.15) is 4.98 Å². The maximum absolute atomic E-state index is 12.7. The number of morpholine rings is 1. The molecule has 2 aromatic rings. The first-order valence-electron chi connectivity index (χ1n) is 9.95. The molecule has 0 spiro atoms. The zero-order valence-corrected chi connectivity index (χ0v) is 17.9. The molecular formula is C19H25N5O3S2. The molecule has 156 valence electrons. The maximum Gasteiger partial charge on any atom is 0.348 e. The van der Waals surface area contributed by atoms with Crippen LogP contribution in [0.15, 0.2) is 21.4 Å². The van der Waals surface area contributed by atoms with Gasteiger partial charge in [0.25, 0.3) is 0 Å². The predicted molar refractivity (Wildman–Crippen MR) is 114 cm³/mol. The van der Waals surface area contributed by atoms with Crippen LogP contribution >= 0.6 is 23.1 Å². The fourth-order valence-electron chi connectivity index (χ4n) is 3.79. The molecule has 1 N–H and O–H groups in total. The number of nitrogens with one attached hydrogen (secondary N) is 1. The molecule has 0 atom stereocenters. The van der Waals surface area contributed by atoms with E-state index in [0.29, 0.717) is 16.7 Å². The molecule has 1 amide bonds. The highest BCUT2D eigenvalue weighted by molar-refractivity contribution is 8.00. The van der Waals surface area contributed by atoms with Crippen LogP contribution in [0.4, 0.5) is 5.13 Å². The van der Waals surface area contributed by atoms with Gasteiger partial charge in [-0.3, -0.25) is 14.3 Å².